The summed E-state index contributed by atoms with van der Waals surface area (Å²) < 4.78 is 0. The van der Waals surface area contributed by atoms with Gasteiger partial charge in [-0.15, -0.1) is 0 Å². The van der Waals surface area contributed by atoms with Crippen LogP contribution in [0, 0.1) is 0 Å². The highest BCUT2D eigenvalue weighted by Crippen LogP contribution is 2.18. The van der Waals surface area contributed by atoms with Gasteiger partial charge in [0.15, 0.2) is 0 Å². The van der Waals surface area contributed by atoms with Gasteiger partial charge in [-0.25, -0.2) is 4.98 Å². The second kappa shape index (κ2) is 4.87. The quantitative estimate of drug-likeness (QED) is 0.660. The predicted octanol–water partition coefficient (Wildman–Crippen LogP) is 2.08. The first-order chi connectivity index (χ1) is 8.58. The summed E-state index contributed by atoms with van der Waals surface area (Å²) in [6.45, 7) is 0. The highest BCUT2D eigenvalue weighted by atomic mass is 16.1. The van der Waals surface area contributed by atoms with Gasteiger partial charge in [0, 0.05) is 31.8 Å². The largest absolute Gasteiger partial charge is 0.397 e. The van der Waals surface area contributed by atoms with E-state index in [1.54, 1.807) is 17.2 Å². The predicted molar refractivity (Wildman–Crippen MR) is 73.3 cm³/mol. The van der Waals surface area contributed by atoms with Crippen LogP contribution in [0.3, 0.4) is 0 Å². The number of carbonyl (C=O) groups is 1. The zero-order valence-corrected chi connectivity index (χ0v) is 10.4. The Morgan fingerprint density at radius 1 is 1.33 bits per heavy atom. The van der Waals surface area contributed by atoms with Crippen LogP contribution in [0.4, 0.5) is 5.69 Å². The molecule has 1 heterocycles. The molecule has 0 aliphatic heterocycles. The Morgan fingerprint density at radius 3 is 2.78 bits per heavy atom. The summed E-state index contributed by atoms with van der Waals surface area (Å²) in [7, 11) is 3.70. The number of para-hydroxylation sites is 1. The molecule has 0 spiro atoms. The summed E-state index contributed by atoms with van der Waals surface area (Å²) in [5.74, 6) is -0.188. The fourth-order valence-electron chi connectivity index (χ4n) is 1.63. The van der Waals surface area contributed by atoms with E-state index in [9.17, 15) is 4.79 Å². The molecule has 1 aromatic heterocycles. The van der Waals surface area contributed by atoms with Gasteiger partial charge in [-0.2, -0.15) is 0 Å². The first-order valence-electron chi connectivity index (χ1n) is 5.62. The molecule has 0 aliphatic carbocycles. The van der Waals surface area contributed by atoms with E-state index in [1.807, 2.05) is 38.4 Å². The molecule has 0 fully saturated rings. The molecule has 0 radical (unpaired) electrons. The lowest BCUT2D eigenvalue weighted by molar-refractivity contribution is 0.104. The number of aromatic nitrogens is 1. The highest BCUT2D eigenvalue weighted by molar-refractivity contribution is 6.08. The molecular formula is C14H15N3O. The Balaban J connectivity index is 2.44. The molecule has 0 saturated heterocycles. The third kappa shape index (κ3) is 2.48. The van der Waals surface area contributed by atoms with Crippen LogP contribution in [0.15, 0.2) is 42.6 Å². The number of pyridine rings is 1. The van der Waals surface area contributed by atoms with Crippen LogP contribution >= 0.6 is 0 Å². The van der Waals surface area contributed by atoms with Crippen LogP contribution in [0.5, 0.6) is 0 Å². The molecular weight excluding hydrogens is 226 g/mol. The van der Waals surface area contributed by atoms with Gasteiger partial charge in [-0.05, 0) is 12.1 Å². The van der Waals surface area contributed by atoms with Crippen molar-refractivity contribution >= 4 is 22.4 Å². The summed E-state index contributed by atoms with van der Waals surface area (Å²) in [5, 5.41) is 0.933. The van der Waals surface area contributed by atoms with Crippen molar-refractivity contribution in [2.75, 3.05) is 19.8 Å². The SMILES string of the molecule is CN(C)/C=C/C(=O)c1nc2ccccc2cc1N. The Hall–Kier alpha value is -2.36. The van der Waals surface area contributed by atoms with Gasteiger partial charge >= 0.3 is 0 Å². The van der Waals surface area contributed by atoms with Crippen LogP contribution in [0.1, 0.15) is 10.5 Å². The zero-order valence-electron chi connectivity index (χ0n) is 10.4. The number of nitrogens with zero attached hydrogens (tertiary/aromatic N) is 2. The molecule has 0 aliphatic rings. The Kier molecular flexibility index (Phi) is 3.28. The lowest BCUT2D eigenvalue weighted by Crippen LogP contribution is -2.07. The molecule has 4 heteroatoms. The summed E-state index contributed by atoms with van der Waals surface area (Å²) >= 11 is 0. The number of allylic oxidation sites excluding steroid dienone is 1. The number of rotatable bonds is 3. The monoisotopic (exact) mass is 241 g/mol. The van der Waals surface area contributed by atoms with E-state index >= 15 is 0 Å². The minimum Gasteiger partial charge on any atom is -0.397 e. The second-order valence-electron chi connectivity index (χ2n) is 4.26. The second-order valence-corrected chi connectivity index (χ2v) is 4.26. The summed E-state index contributed by atoms with van der Waals surface area (Å²) in [6.07, 6.45) is 3.14. The molecule has 1 aromatic carbocycles. The number of ketones is 1. The highest BCUT2D eigenvalue weighted by Gasteiger charge is 2.10. The van der Waals surface area contributed by atoms with Gasteiger partial charge in [0.25, 0.3) is 0 Å². The molecule has 0 amide bonds. The minimum atomic E-state index is -0.188. The maximum absolute atomic E-state index is 12.0. The summed E-state index contributed by atoms with van der Waals surface area (Å²) in [5.41, 5.74) is 7.34. The fraction of sp³-hybridized carbons (Fsp3) is 0.143. The van der Waals surface area contributed by atoms with Crippen LogP contribution in [0.2, 0.25) is 0 Å². The first kappa shape index (κ1) is 12.1. The number of nitrogen functional groups attached to an aromatic ring is 1. The van der Waals surface area contributed by atoms with Crippen LogP contribution < -0.4 is 5.73 Å². The van der Waals surface area contributed by atoms with Crippen LogP contribution in [0.25, 0.3) is 10.9 Å². The number of fused-ring (bicyclic) bond motifs is 1. The van der Waals surface area contributed by atoms with Crippen molar-refractivity contribution in [1.29, 1.82) is 0 Å². The molecule has 2 aromatic rings. The van der Waals surface area contributed by atoms with E-state index < -0.39 is 0 Å². The molecule has 4 nitrogen and oxygen atoms in total. The van der Waals surface area contributed by atoms with Crippen molar-refractivity contribution in [2.45, 2.75) is 0 Å². The maximum atomic E-state index is 12.0. The van der Waals surface area contributed by atoms with Crippen molar-refractivity contribution in [3.8, 4) is 0 Å². The number of anilines is 1. The average Bonchev–Trinajstić information content (AvgIpc) is 2.35. The van der Waals surface area contributed by atoms with Crippen LogP contribution in [-0.2, 0) is 0 Å². The lowest BCUT2D eigenvalue weighted by Gasteiger charge is -2.05. The van der Waals surface area contributed by atoms with Crippen molar-refractivity contribution in [3.63, 3.8) is 0 Å². The fourth-order valence-corrected chi connectivity index (χ4v) is 1.63. The minimum absolute atomic E-state index is 0.188. The average molecular weight is 241 g/mol. The summed E-state index contributed by atoms with van der Waals surface area (Å²) in [6, 6.07) is 9.36. The van der Waals surface area contributed by atoms with Crippen LogP contribution in [-0.4, -0.2) is 29.8 Å². The van der Waals surface area contributed by atoms with Gasteiger partial charge in [0.1, 0.15) is 5.69 Å². The Bertz CT molecular complexity index is 617. The normalized spacial score (nSPS) is 11.0. The zero-order chi connectivity index (χ0) is 13.1. The molecule has 0 saturated carbocycles. The van der Waals surface area contributed by atoms with Gasteiger partial charge < -0.3 is 10.6 Å². The molecule has 18 heavy (non-hydrogen) atoms. The first-order valence-corrected chi connectivity index (χ1v) is 5.62. The number of nitrogens with two attached hydrogens (primary N) is 1. The van der Waals surface area contributed by atoms with Crippen molar-refractivity contribution in [2.24, 2.45) is 0 Å². The topological polar surface area (TPSA) is 59.2 Å². The van der Waals surface area contributed by atoms with Gasteiger partial charge in [-0.3, -0.25) is 4.79 Å². The number of carbonyl (C=O) groups excluding carboxylic acids is 1. The smallest absolute Gasteiger partial charge is 0.207 e. The van der Waals surface area contributed by atoms with E-state index in [1.165, 1.54) is 6.08 Å². The van der Waals surface area contributed by atoms with E-state index in [4.69, 9.17) is 5.73 Å². The maximum Gasteiger partial charge on any atom is 0.207 e. The molecule has 0 atom stereocenters. The lowest BCUT2D eigenvalue weighted by atomic mass is 10.1. The van der Waals surface area contributed by atoms with E-state index in [0.29, 0.717) is 11.4 Å². The summed E-state index contributed by atoms with van der Waals surface area (Å²) in [4.78, 5) is 18.1. The van der Waals surface area contributed by atoms with Crippen molar-refractivity contribution < 1.29 is 4.79 Å². The third-order valence-electron chi connectivity index (χ3n) is 2.51. The number of benzene rings is 1. The van der Waals surface area contributed by atoms with Gasteiger partial charge in [0.2, 0.25) is 5.78 Å². The Morgan fingerprint density at radius 2 is 2.06 bits per heavy atom. The van der Waals surface area contributed by atoms with E-state index in [-0.39, 0.29) is 5.78 Å². The van der Waals surface area contributed by atoms with Gasteiger partial charge in [-0.1, -0.05) is 18.2 Å². The molecule has 92 valence electrons. The van der Waals surface area contributed by atoms with Crippen molar-refractivity contribution in [1.82, 2.24) is 9.88 Å². The molecule has 2 rings (SSSR count). The van der Waals surface area contributed by atoms with Gasteiger partial charge in [0.05, 0.1) is 11.2 Å². The number of hydrogen-bond donors (Lipinski definition) is 1. The van der Waals surface area contributed by atoms with E-state index in [0.717, 1.165) is 10.9 Å². The Labute approximate surface area is 106 Å². The number of hydrogen-bond acceptors (Lipinski definition) is 4. The standard InChI is InChI=1S/C14H15N3O/c1-17(2)8-7-13(18)14-11(15)9-10-5-3-4-6-12(10)16-14/h3-9H,15H2,1-2H3/b8-7+. The van der Waals surface area contributed by atoms with Crippen molar-refractivity contribution in [3.05, 3.63) is 48.3 Å². The van der Waals surface area contributed by atoms with E-state index in [2.05, 4.69) is 4.98 Å². The molecule has 2 N–H and O–H groups in total. The third-order valence-corrected chi connectivity index (χ3v) is 2.51. The molecule has 0 unspecified atom stereocenters. The molecule has 0 bridgehead atoms.